The van der Waals surface area contributed by atoms with Gasteiger partial charge < -0.3 is 9.84 Å². The lowest BCUT2D eigenvalue weighted by Gasteiger charge is -2.11. The van der Waals surface area contributed by atoms with Crippen molar-refractivity contribution in [3.05, 3.63) is 58.1 Å². The Kier molecular flexibility index (Phi) is 3.93. The Bertz CT molecular complexity index is 553. The third-order valence-corrected chi connectivity index (χ3v) is 2.73. The van der Waals surface area contributed by atoms with Crippen LogP contribution in [0.1, 0.15) is 5.56 Å². The van der Waals surface area contributed by atoms with Gasteiger partial charge in [-0.15, -0.1) is 0 Å². The fraction of sp³-hybridized carbons (Fsp3) is 0.0769. The number of benzene rings is 2. The number of aliphatic hydroxyl groups is 1. The van der Waals surface area contributed by atoms with Crippen LogP contribution in [0.4, 0.5) is 8.78 Å². The number of aliphatic hydroxyl groups excluding tert-OH is 1. The molecule has 5 heteroatoms. The van der Waals surface area contributed by atoms with Crippen LogP contribution >= 0.6 is 15.9 Å². The van der Waals surface area contributed by atoms with E-state index in [0.29, 0.717) is 10.0 Å². The molecule has 18 heavy (non-hydrogen) atoms. The molecule has 0 fully saturated rings. The monoisotopic (exact) mass is 314 g/mol. The maximum absolute atomic E-state index is 13.6. The molecule has 0 heterocycles. The highest BCUT2D eigenvalue weighted by Gasteiger charge is 2.11. The number of hydrogen-bond acceptors (Lipinski definition) is 2. The first kappa shape index (κ1) is 13.0. The molecule has 0 aromatic heterocycles. The Hall–Kier alpha value is -1.46. The van der Waals surface area contributed by atoms with E-state index in [2.05, 4.69) is 15.9 Å². The van der Waals surface area contributed by atoms with Crippen molar-refractivity contribution >= 4 is 15.9 Å². The zero-order valence-electron chi connectivity index (χ0n) is 9.16. The minimum absolute atomic E-state index is 0.0995. The summed E-state index contributed by atoms with van der Waals surface area (Å²) in [5, 5.41) is 9.10. The van der Waals surface area contributed by atoms with Crippen LogP contribution in [0.5, 0.6) is 11.5 Å². The summed E-state index contributed by atoms with van der Waals surface area (Å²) in [7, 11) is 0. The molecule has 0 bridgehead atoms. The Balaban J connectivity index is 2.39. The number of ether oxygens (including phenoxy) is 1. The maximum Gasteiger partial charge on any atom is 0.168 e. The normalized spacial score (nSPS) is 10.4. The highest BCUT2D eigenvalue weighted by molar-refractivity contribution is 9.10. The third-order valence-electron chi connectivity index (χ3n) is 2.27. The van der Waals surface area contributed by atoms with E-state index in [1.165, 1.54) is 30.3 Å². The van der Waals surface area contributed by atoms with Gasteiger partial charge in [-0.1, -0.05) is 28.1 Å². The van der Waals surface area contributed by atoms with Crippen molar-refractivity contribution in [2.24, 2.45) is 0 Å². The smallest absolute Gasteiger partial charge is 0.168 e. The van der Waals surface area contributed by atoms with Crippen LogP contribution in [0.2, 0.25) is 0 Å². The van der Waals surface area contributed by atoms with Crippen LogP contribution in [0.25, 0.3) is 0 Å². The average Bonchev–Trinajstić information content (AvgIpc) is 2.30. The van der Waals surface area contributed by atoms with Gasteiger partial charge in [0, 0.05) is 16.1 Å². The van der Waals surface area contributed by atoms with E-state index in [4.69, 9.17) is 9.84 Å². The standard InChI is InChI=1S/C13H9BrF2O2/c14-9-4-10(15)6-11(5-9)18-13-8(7-17)2-1-3-12(13)16/h1-6,17H,7H2. The van der Waals surface area contributed by atoms with Crippen molar-refractivity contribution in [2.75, 3.05) is 0 Å². The summed E-state index contributed by atoms with van der Waals surface area (Å²) in [6, 6.07) is 8.13. The molecule has 0 aliphatic carbocycles. The van der Waals surface area contributed by atoms with Crippen molar-refractivity contribution < 1.29 is 18.6 Å². The highest BCUT2D eigenvalue weighted by Crippen LogP contribution is 2.30. The van der Waals surface area contributed by atoms with Crippen molar-refractivity contribution in [2.45, 2.75) is 6.61 Å². The summed E-state index contributed by atoms with van der Waals surface area (Å²) in [4.78, 5) is 0. The summed E-state index contributed by atoms with van der Waals surface area (Å²) in [5.74, 6) is -1.05. The summed E-state index contributed by atoms with van der Waals surface area (Å²) < 4.78 is 32.5. The molecule has 2 aromatic rings. The van der Waals surface area contributed by atoms with Gasteiger partial charge in [0.25, 0.3) is 0 Å². The topological polar surface area (TPSA) is 29.5 Å². The zero-order valence-corrected chi connectivity index (χ0v) is 10.7. The van der Waals surface area contributed by atoms with E-state index in [-0.39, 0.29) is 18.1 Å². The molecule has 0 amide bonds. The van der Waals surface area contributed by atoms with Crippen LogP contribution in [0.15, 0.2) is 40.9 Å². The maximum atomic E-state index is 13.6. The van der Waals surface area contributed by atoms with Crippen molar-refractivity contribution in [1.82, 2.24) is 0 Å². The average molecular weight is 315 g/mol. The van der Waals surface area contributed by atoms with E-state index in [1.807, 2.05) is 0 Å². The van der Waals surface area contributed by atoms with E-state index >= 15 is 0 Å². The van der Waals surface area contributed by atoms with Crippen LogP contribution in [0, 0.1) is 11.6 Å². The number of rotatable bonds is 3. The van der Waals surface area contributed by atoms with Crippen LogP contribution < -0.4 is 4.74 Å². The van der Waals surface area contributed by atoms with E-state index < -0.39 is 11.6 Å². The second kappa shape index (κ2) is 5.46. The minimum atomic E-state index is -0.609. The van der Waals surface area contributed by atoms with Gasteiger partial charge in [-0.3, -0.25) is 0 Å². The lowest BCUT2D eigenvalue weighted by atomic mass is 10.2. The van der Waals surface area contributed by atoms with Gasteiger partial charge in [-0.25, -0.2) is 8.78 Å². The Morgan fingerprint density at radius 2 is 1.94 bits per heavy atom. The Labute approximate surface area is 111 Å². The van der Waals surface area contributed by atoms with Crippen molar-refractivity contribution in [1.29, 1.82) is 0 Å². The van der Waals surface area contributed by atoms with Crippen LogP contribution in [0.3, 0.4) is 0 Å². The molecule has 0 saturated carbocycles. The second-order valence-electron chi connectivity index (χ2n) is 3.59. The quantitative estimate of drug-likeness (QED) is 0.927. The van der Waals surface area contributed by atoms with Gasteiger partial charge in [-0.05, 0) is 18.2 Å². The first-order valence-electron chi connectivity index (χ1n) is 5.12. The van der Waals surface area contributed by atoms with Crippen LogP contribution in [-0.2, 0) is 6.61 Å². The second-order valence-corrected chi connectivity index (χ2v) is 4.51. The molecule has 2 aromatic carbocycles. The van der Waals surface area contributed by atoms with Gasteiger partial charge in [0.2, 0.25) is 0 Å². The van der Waals surface area contributed by atoms with Crippen molar-refractivity contribution in [3.8, 4) is 11.5 Å². The summed E-state index contributed by atoms with van der Waals surface area (Å²) in [6.45, 7) is -0.358. The fourth-order valence-electron chi connectivity index (χ4n) is 1.50. The van der Waals surface area contributed by atoms with Gasteiger partial charge in [0.15, 0.2) is 11.6 Å². The van der Waals surface area contributed by atoms with Gasteiger partial charge in [0.1, 0.15) is 11.6 Å². The highest BCUT2D eigenvalue weighted by atomic mass is 79.9. The summed E-state index contributed by atoms with van der Waals surface area (Å²) in [5.41, 5.74) is 0.301. The molecule has 2 nitrogen and oxygen atoms in total. The molecule has 94 valence electrons. The summed E-state index contributed by atoms with van der Waals surface area (Å²) in [6.07, 6.45) is 0. The SMILES string of the molecule is OCc1cccc(F)c1Oc1cc(F)cc(Br)c1. The van der Waals surface area contributed by atoms with Gasteiger partial charge >= 0.3 is 0 Å². The molecule has 0 aliphatic heterocycles. The van der Waals surface area contributed by atoms with Gasteiger partial charge in [-0.2, -0.15) is 0 Å². The van der Waals surface area contributed by atoms with Crippen LogP contribution in [-0.4, -0.2) is 5.11 Å². The third kappa shape index (κ3) is 2.86. The predicted molar refractivity (Wildman–Crippen MR) is 66.5 cm³/mol. The fourth-order valence-corrected chi connectivity index (χ4v) is 1.94. The van der Waals surface area contributed by atoms with Crippen molar-refractivity contribution in [3.63, 3.8) is 0 Å². The molecule has 0 saturated heterocycles. The lowest BCUT2D eigenvalue weighted by molar-refractivity contribution is 0.274. The predicted octanol–water partition coefficient (Wildman–Crippen LogP) is 4.01. The summed E-state index contributed by atoms with van der Waals surface area (Å²) >= 11 is 3.12. The Morgan fingerprint density at radius 1 is 1.17 bits per heavy atom. The van der Waals surface area contributed by atoms with E-state index in [0.717, 1.165) is 6.07 Å². The van der Waals surface area contributed by atoms with Gasteiger partial charge in [0.05, 0.1) is 6.61 Å². The molecule has 0 radical (unpaired) electrons. The molecule has 0 spiro atoms. The zero-order chi connectivity index (χ0) is 13.1. The molecule has 2 rings (SSSR count). The molecule has 1 N–H and O–H groups in total. The first-order chi connectivity index (χ1) is 8.60. The first-order valence-corrected chi connectivity index (χ1v) is 5.91. The number of para-hydroxylation sites is 1. The molecule has 0 aliphatic rings. The van der Waals surface area contributed by atoms with E-state index in [9.17, 15) is 8.78 Å². The molecular formula is C13H9BrF2O2. The Morgan fingerprint density at radius 3 is 2.61 bits per heavy atom. The van der Waals surface area contributed by atoms with E-state index in [1.54, 1.807) is 0 Å². The number of halogens is 3. The largest absolute Gasteiger partial charge is 0.454 e. The molecule has 0 unspecified atom stereocenters. The molecule has 0 atom stereocenters. The lowest BCUT2D eigenvalue weighted by Crippen LogP contribution is -1.95. The molecular weight excluding hydrogens is 306 g/mol. The number of hydrogen-bond donors (Lipinski definition) is 1. The minimum Gasteiger partial charge on any atom is -0.454 e.